The van der Waals surface area contributed by atoms with Crippen molar-refractivity contribution in [2.45, 2.75) is 89.0 Å². The van der Waals surface area contributed by atoms with Crippen molar-refractivity contribution < 1.29 is 24.0 Å². The SMILES string of the molecule is CC(N)C(=O)NC(CCCN=C(N)N)C(=O)N1CCCC1C(=O)NC(C)C(=O)NC(CCCCN)C(N)=O. The minimum absolute atomic E-state index is 0.0837. The molecule has 216 valence electrons. The topological polar surface area (TPSA) is 267 Å². The minimum Gasteiger partial charge on any atom is -0.370 e. The van der Waals surface area contributed by atoms with E-state index < -0.39 is 59.7 Å². The number of likely N-dealkylation sites (tertiary alicyclic amines) is 1. The summed E-state index contributed by atoms with van der Waals surface area (Å²) in [5.41, 5.74) is 27.2. The van der Waals surface area contributed by atoms with Gasteiger partial charge in [-0.15, -0.1) is 0 Å². The summed E-state index contributed by atoms with van der Waals surface area (Å²) in [4.78, 5) is 68.3. The van der Waals surface area contributed by atoms with Crippen molar-refractivity contribution in [3.05, 3.63) is 0 Å². The van der Waals surface area contributed by atoms with Crippen molar-refractivity contribution in [1.82, 2.24) is 20.9 Å². The Hall–Kier alpha value is -3.46. The lowest BCUT2D eigenvalue weighted by molar-refractivity contribution is -0.142. The van der Waals surface area contributed by atoms with Gasteiger partial charge in [-0.1, -0.05) is 0 Å². The van der Waals surface area contributed by atoms with Crippen LogP contribution in [0, 0.1) is 0 Å². The van der Waals surface area contributed by atoms with E-state index in [1.54, 1.807) is 0 Å². The maximum absolute atomic E-state index is 13.4. The van der Waals surface area contributed by atoms with Crippen molar-refractivity contribution in [3.63, 3.8) is 0 Å². The molecule has 38 heavy (non-hydrogen) atoms. The molecule has 0 aliphatic carbocycles. The molecule has 0 bridgehead atoms. The standard InChI is InChI=1S/C23H44N10O5/c1-13(25)19(35)32-16(8-5-11-29-23(27)28)22(38)33-12-6-9-17(33)21(37)30-14(2)20(36)31-15(18(26)34)7-3-4-10-24/h13-17H,3-12,24-25H2,1-2H3,(H2,26,34)(H,30,37)(H,31,36)(H,32,35)(H4,27,28,29). The molecule has 1 heterocycles. The van der Waals surface area contributed by atoms with Crippen LogP contribution in [0.2, 0.25) is 0 Å². The molecule has 5 atom stereocenters. The Morgan fingerprint density at radius 3 is 2.13 bits per heavy atom. The number of unbranched alkanes of at least 4 members (excludes halogenated alkanes) is 1. The minimum atomic E-state index is -0.982. The number of aliphatic imine (C=N–C) groups is 1. The fraction of sp³-hybridized carbons (Fsp3) is 0.739. The molecule has 1 aliphatic rings. The summed E-state index contributed by atoms with van der Waals surface area (Å²) in [5, 5.41) is 7.80. The molecule has 0 aromatic rings. The van der Waals surface area contributed by atoms with Crippen LogP contribution in [0.15, 0.2) is 4.99 Å². The van der Waals surface area contributed by atoms with E-state index in [9.17, 15) is 24.0 Å². The third kappa shape index (κ3) is 10.9. The highest BCUT2D eigenvalue weighted by molar-refractivity contribution is 5.95. The van der Waals surface area contributed by atoms with Gasteiger partial charge >= 0.3 is 0 Å². The molecule has 13 N–H and O–H groups in total. The monoisotopic (exact) mass is 540 g/mol. The zero-order chi connectivity index (χ0) is 28.8. The molecular formula is C23H44N10O5. The summed E-state index contributed by atoms with van der Waals surface area (Å²) in [6, 6.07) is -4.46. The third-order valence-electron chi connectivity index (χ3n) is 6.17. The molecule has 0 aromatic heterocycles. The van der Waals surface area contributed by atoms with E-state index in [1.165, 1.54) is 18.7 Å². The van der Waals surface area contributed by atoms with E-state index >= 15 is 0 Å². The number of guanidine groups is 1. The Kier molecular flexibility index (Phi) is 14.1. The summed E-state index contributed by atoms with van der Waals surface area (Å²) in [5.74, 6) is -2.80. The van der Waals surface area contributed by atoms with Gasteiger partial charge in [-0.25, -0.2) is 0 Å². The largest absolute Gasteiger partial charge is 0.370 e. The predicted molar refractivity (Wildman–Crippen MR) is 142 cm³/mol. The van der Waals surface area contributed by atoms with E-state index in [4.69, 9.17) is 28.7 Å². The van der Waals surface area contributed by atoms with Gasteiger partial charge in [-0.05, 0) is 65.3 Å². The fourth-order valence-corrected chi connectivity index (χ4v) is 4.02. The molecular weight excluding hydrogens is 496 g/mol. The van der Waals surface area contributed by atoms with Crippen LogP contribution in [-0.2, 0) is 24.0 Å². The highest BCUT2D eigenvalue weighted by Crippen LogP contribution is 2.20. The quantitative estimate of drug-likeness (QED) is 0.0546. The third-order valence-corrected chi connectivity index (χ3v) is 6.17. The maximum Gasteiger partial charge on any atom is 0.245 e. The number of hydrogen-bond donors (Lipinski definition) is 8. The Balaban J connectivity index is 2.85. The van der Waals surface area contributed by atoms with E-state index in [1.807, 2.05) is 0 Å². The molecule has 1 rings (SSSR count). The summed E-state index contributed by atoms with van der Waals surface area (Å²) < 4.78 is 0. The summed E-state index contributed by atoms with van der Waals surface area (Å²) in [6.07, 6.45) is 3.21. The molecule has 15 heteroatoms. The first-order chi connectivity index (χ1) is 17.9. The number of amides is 5. The van der Waals surface area contributed by atoms with Crippen LogP contribution in [0.3, 0.4) is 0 Å². The maximum atomic E-state index is 13.4. The van der Waals surface area contributed by atoms with Crippen LogP contribution in [0.25, 0.3) is 0 Å². The van der Waals surface area contributed by atoms with Crippen LogP contribution in [0.4, 0.5) is 0 Å². The summed E-state index contributed by atoms with van der Waals surface area (Å²) in [6.45, 7) is 3.99. The molecule has 5 unspecified atom stereocenters. The van der Waals surface area contributed by atoms with Gasteiger partial charge in [-0.3, -0.25) is 29.0 Å². The van der Waals surface area contributed by atoms with Gasteiger partial charge in [0.05, 0.1) is 6.04 Å². The molecule has 1 fully saturated rings. The molecule has 1 aliphatic heterocycles. The van der Waals surface area contributed by atoms with Gasteiger partial charge in [0.1, 0.15) is 24.2 Å². The van der Waals surface area contributed by atoms with Crippen molar-refractivity contribution in [1.29, 1.82) is 0 Å². The molecule has 15 nitrogen and oxygen atoms in total. The van der Waals surface area contributed by atoms with Gasteiger partial charge in [0.25, 0.3) is 0 Å². The van der Waals surface area contributed by atoms with Crippen molar-refractivity contribution in [2.24, 2.45) is 33.7 Å². The smallest absolute Gasteiger partial charge is 0.245 e. The number of carbonyl (C=O) groups excluding carboxylic acids is 5. The lowest BCUT2D eigenvalue weighted by Crippen LogP contribution is -2.57. The number of primary amides is 1. The summed E-state index contributed by atoms with van der Waals surface area (Å²) >= 11 is 0. The Morgan fingerprint density at radius 1 is 0.921 bits per heavy atom. The first kappa shape index (κ1) is 32.6. The second-order valence-electron chi connectivity index (χ2n) is 9.47. The predicted octanol–water partition coefficient (Wildman–Crippen LogP) is -3.53. The zero-order valence-corrected chi connectivity index (χ0v) is 22.3. The number of nitrogens with one attached hydrogen (secondary N) is 3. The van der Waals surface area contributed by atoms with Crippen LogP contribution < -0.4 is 44.6 Å². The molecule has 0 aromatic carbocycles. The number of nitrogens with zero attached hydrogens (tertiary/aromatic N) is 2. The molecule has 0 spiro atoms. The molecule has 0 saturated carbocycles. The average molecular weight is 541 g/mol. The lowest BCUT2D eigenvalue weighted by atomic mass is 10.1. The van der Waals surface area contributed by atoms with E-state index in [-0.39, 0.29) is 18.9 Å². The Morgan fingerprint density at radius 2 is 1.55 bits per heavy atom. The zero-order valence-electron chi connectivity index (χ0n) is 22.3. The van der Waals surface area contributed by atoms with Crippen LogP contribution in [0.5, 0.6) is 0 Å². The van der Waals surface area contributed by atoms with E-state index in [0.29, 0.717) is 51.6 Å². The fourth-order valence-electron chi connectivity index (χ4n) is 4.02. The molecule has 0 radical (unpaired) electrons. The molecule has 1 saturated heterocycles. The lowest BCUT2D eigenvalue weighted by Gasteiger charge is -2.30. The van der Waals surface area contributed by atoms with E-state index in [0.717, 1.165) is 0 Å². The van der Waals surface area contributed by atoms with Gasteiger partial charge in [0, 0.05) is 13.1 Å². The second kappa shape index (κ2) is 16.4. The van der Waals surface area contributed by atoms with Crippen LogP contribution >= 0.6 is 0 Å². The van der Waals surface area contributed by atoms with Crippen LogP contribution in [0.1, 0.15) is 58.8 Å². The number of rotatable bonds is 16. The first-order valence-corrected chi connectivity index (χ1v) is 12.9. The van der Waals surface area contributed by atoms with Gasteiger partial charge in [0.15, 0.2) is 5.96 Å². The van der Waals surface area contributed by atoms with Gasteiger partial charge in [-0.2, -0.15) is 0 Å². The van der Waals surface area contributed by atoms with Crippen molar-refractivity contribution in [3.8, 4) is 0 Å². The van der Waals surface area contributed by atoms with Gasteiger partial charge in [0.2, 0.25) is 29.5 Å². The highest BCUT2D eigenvalue weighted by atomic mass is 16.2. The van der Waals surface area contributed by atoms with Crippen LogP contribution in [-0.4, -0.2) is 90.2 Å². The second-order valence-corrected chi connectivity index (χ2v) is 9.47. The summed E-state index contributed by atoms with van der Waals surface area (Å²) in [7, 11) is 0. The number of hydrogen-bond acceptors (Lipinski definition) is 8. The number of nitrogens with two attached hydrogens (primary N) is 5. The molecule has 5 amide bonds. The van der Waals surface area contributed by atoms with E-state index in [2.05, 4.69) is 20.9 Å². The average Bonchev–Trinajstić information content (AvgIpc) is 3.34. The Labute approximate surface area is 223 Å². The highest BCUT2D eigenvalue weighted by Gasteiger charge is 2.38. The van der Waals surface area contributed by atoms with Crippen molar-refractivity contribution in [2.75, 3.05) is 19.6 Å². The Bertz CT molecular complexity index is 862. The van der Waals surface area contributed by atoms with Gasteiger partial charge < -0.3 is 49.5 Å². The normalized spacial score (nSPS) is 18.0. The first-order valence-electron chi connectivity index (χ1n) is 12.9. The number of carbonyl (C=O) groups is 5. The van der Waals surface area contributed by atoms with Crippen molar-refractivity contribution >= 4 is 35.5 Å².